The Morgan fingerprint density at radius 1 is 1.38 bits per heavy atom. The molecule has 96 valence electrons. The smallest absolute Gasteiger partial charge is 0.229 e. The topological polar surface area (TPSA) is 20.3 Å². The first-order valence-corrected chi connectivity index (χ1v) is 6.81. The molecule has 0 spiro atoms. The van der Waals surface area contributed by atoms with Gasteiger partial charge < -0.3 is 4.90 Å². The van der Waals surface area contributed by atoms with E-state index >= 15 is 0 Å². The fraction of sp³-hybridized carbons (Fsp3) is 0.923. The van der Waals surface area contributed by atoms with E-state index < -0.39 is 5.41 Å². The summed E-state index contributed by atoms with van der Waals surface area (Å²) >= 11 is 5.87. The Morgan fingerprint density at radius 3 is 2.31 bits per heavy atom. The summed E-state index contributed by atoms with van der Waals surface area (Å²) in [6.07, 6.45) is 3.17. The zero-order valence-electron chi connectivity index (χ0n) is 11.3. The van der Waals surface area contributed by atoms with Gasteiger partial charge in [-0.2, -0.15) is 0 Å². The molecule has 1 unspecified atom stereocenters. The fourth-order valence-corrected chi connectivity index (χ4v) is 1.63. The highest BCUT2D eigenvalue weighted by molar-refractivity contribution is 6.19. The lowest BCUT2D eigenvalue weighted by Gasteiger charge is -2.35. The molecule has 0 saturated carbocycles. The maximum absolute atomic E-state index is 12.3. The van der Waals surface area contributed by atoms with E-state index in [1.807, 2.05) is 18.7 Å². The molecule has 0 bridgehead atoms. The van der Waals surface area contributed by atoms with Crippen LogP contribution < -0.4 is 0 Å². The van der Waals surface area contributed by atoms with Gasteiger partial charge in [0.25, 0.3) is 0 Å². The van der Waals surface area contributed by atoms with Gasteiger partial charge >= 0.3 is 0 Å². The molecule has 0 radical (unpaired) electrons. The lowest BCUT2D eigenvalue weighted by molar-refractivity contribution is -0.141. The van der Waals surface area contributed by atoms with Crippen molar-refractivity contribution < 1.29 is 4.79 Å². The van der Waals surface area contributed by atoms with E-state index in [-0.39, 0.29) is 5.91 Å². The Labute approximate surface area is 105 Å². The minimum absolute atomic E-state index is 0.185. The maximum atomic E-state index is 12.3. The summed E-state index contributed by atoms with van der Waals surface area (Å²) in [4.78, 5) is 14.3. The van der Waals surface area contributed by atoms with Crippen LogP contribution in [0.1, 0.15) is 53.9 Å². The third-order valence-corrected chi connectivity index (χ3v) is 3.72. The number of carbonyl (C=O) groups is 1. The van der Waals surface area contributed by atoms with Crippen molar-refractivity contribution in [2.75, 3.05) is 12.4 Å². The number of hydrogen-bond donors (Lipinski definition) is 0. The highest BCUT2D eigenvalue weighted by atomic mass is 35.5. The largest absolute Gasteiger partial charge is 0.340 e. The van der Waals surface area contributed by atoms with Gasteiger partial charge in [0, 0.05) is 18.5 Å². The maximum Gasteiger partial charge on any atom is 0.229 e. The monoisotopic (exact) mass is 247 g/mol. The van der Waals surface area contributed by atoms with Gasteiger partial charge in [-0.25, -0.2) is 0 Å². The molecule has 0 fully saturated rings. The summed E-state index contributed by atoms with van der Waals surface area (Å²) in [5.74, 6) is 0.565. The molecule has 0 heterocycles. The summed E-state index contributed by atoms with van der Waals surface area (Å²) in [6, 6.07) is 0.307. The van der Waals surface area contributed by atoms with E-state index in [4.69, 9.17) is 11.6 Å². The van der Waals surface area contributed by atoms with Gasteiger partial charge in [0.2, 0.25) is 5.91 Å². The normalized spacial score (nSPS) is 13.6. The Bertz CT molecular complexity index is 216. The van der Waals surface area contributed by atoms with Crippen molar-refractivity contribution in [1.29, 1.82) is 0 Å². The molecule has 0 aliphatic heterocycles. The molecule has 0 rings (SSSR count). The first-order chi connectivity index (χ1) is 7.40. The van der Waals surface area contributed by atoms with E-state index in [0.717, 1.165) is 25.8 Å². The van der Waals surface area contributed by atoms with Crippen LogP contribution >= 0.6 is 11.6 Å². The molecular weight excluding hydrogens is 222 g/mol. The second kappa shape index (κ2) is 7.16. The molecule has 0 N–H and O–H groups in total. The lowest BCUT2D eigenvalue weighted by Crippen LogP contribution is -2.46. The Balaban J connectivity index is 4.68. The van der Waals surface area contributed by atoms with Gasteiger partial charge in [0.1, 0.15) is 0 Å². The van der Waals surface area contributed by atoms with Crippen LogP contribution in [0.15, 0.2) is 0 Å². The van der Waals surface area contributed by atoms with E-state index in [1.165, 1.54) is 0 Å². The first-order valence-electron chi connectivity index (χ1n) is 6.27. The number of unbranched alkanes of at least 4 members (excludes halogenated alkanes) is 1. The predicted molar refractivity (Wildman–Crippen MR) is 70.9 cm³/mol. The SMILES string of the molecule is CCCCN(C(=O)C(C)(C)CCl)C(C)CC. The molecule has 16 heavy (non-hydrogen) atoms. The number of carbonyl (C=O) groups excluding carboxylic acids is 1. The number of nitrogens with zero attached hydrogens (tertiary/aromatic N) is 1. The van der Waals surface area contributed by atoms with Crippen LogP contribution in [-0.2, 0) is 4.79 Å². The number of amides is 1. The standard InChI is InChI=1S/C13H26ClNO/c1-6-8-9-15(11(3)7-2)12(16)13(4,5)10-14/h11H,6-10H2,1-5H3. The average Bonchev–Trinajstić information content (AvgIpc) is 2.28. The summed E-state index contributed by atoms with van der Waals surface area (Å²) in [6.45, 7) is 11.1. The molecule has 2 nitrogen and oxygen atoms in total. The van der Waals surface area contributed by atoms with Gasteiger partial charge in [0.05, 0.1) is 5.41 Å². The molecule has 0 aromatic rings. The molecule has 0 aliphatic carbocycles. The van der Waals surface area contributed by atoms with Crippen molar-refractivity contribution in [2.24, 2.45) is 5.41 Å². The third-order valence-electron chi connectivity index (χ3n) is 3.05. The van der Waals surface area contributed by atoms with Gasteiger partial charge in [-0.15, -0.1) is 11.6 Å². The lowest BCUT2D eigenvalue weighted by atomic mass is 9.93. The van der Waals surface area contributed by atoms with Crippen LogP contribution in [0.3, 0.4) is 0 Å². The van der Waals surface area contributed by atoms with Crippen molar-refractivity contribution in [3.05, 3.63) is 0 Å². The second-order valence-electron chi connectivity index (χ2n) is 5.13. The third kappa shape index (κ3) is 4.32. The number of alkyl halides is 1. The van der Waals surface area contributed by atoms with Gasteiger partial charge in [-0.1, -0.05) is 20.3 Å². The minimum Gasteiger partial charge on any atom is -0.340 e. The molecular formula is C13H26ClNO. The van der Waals surface area contributed by atoms with E-state index in [9.17, 15) is 4.79 Å². The van der Waals surface area contributed by atoms with Crippen molar-refractivity contribution in [1.82, 2.24) is 4.90 Å². The Hall–Kier alpha value is -0.240. The average molecular weight is 248 g/mol. The van der Waals surface area contributed by atoms with Crippen molar-refractivity contribution in [2.45, 2.75) is 59.9 Å². The summed E-state index contributed by atoms with van der Waals surface area (Å²) < 4.78 is 0. The van der Waals surface area contributed by atoms with E-state index in [2.05, 4.69) is 20.8 Å². The zero-order chi connectivity index (χ0) is 12.8. The highest BCUT2D eigenvalue weighted by Crippen LogP contribution is 2.23. The molecule has 3 heteroatoms. The molecule has 0 aromatic carbocycles. The van der Waals surface area contributed by atoms with Crippen LogP contribution in [0.4, 0.5) is 0 Å². The molecule has 0 aliphatic rings. The second-order valence-corrected chi connectivity index (χ2v) is 5.39. The van der Waals surface area contributed by atoms with E-state index in [0.29, 0.717) is 11.9 Å². The fourth-order valence-electron chi connectivity index (χ4n) is 1.52. The number of hydrogen-bond acceptors (Lipinski definition) is 1. The molecule has 0 aromatic heterocycles. The number of halogens is 1. The Morgan fingerprint density at radius 2 is 1.94 bits per heavy atom. The zero-order valence-corrected chi connectivity index (χ0v) is 12.1. The van der Waals surface area contributed by atoms with Crippen LogP contribution in [0, 0.1) is 5.41 Å². The highest BCUT2D eigenvalue weighted by Gasteiger charge is 2.32. The van der Waals surface area contributed by atoms with Gasteiger partial charge in [-0.3, -0.25) is 4.79 Å². The van der Waals surface area contributed by atoms with Crippen molar-refractivity contribution in [3.8, 4) is 0 Å². The van der Waals surface area contributed by atoms with Crippen LogP contribution in [0.5, 0.6) is 0 Å². The van der Waals surface area contributed by atoms with E-state index in [1.54, 1.807) is 0 Å². The molecule has 1 amide bonds. The molecule has 1 atom stereocenters. The van der Waals surface area contributed by atoms with Crippen LogP contribution in [0.2, 0.25) is 0 Å². The van der Waals surface area contributed by atoms with Gasteiger partial charge in [0.15, 0.2) is 0 Å². The van der Waals surface area contributed by atoms with Crippen molar-refractivity contribution >= 4 is 17.5 Å². The molecule has 0 saturated heterocycles. The van der Waals surface area contributed by atoms with Crippen molar-refractivity contribution in [3.63, 3.8) is 0 Å². The minimum atomic E-state index is -0.446. The van der Waals surface area contributed by atoms with Crippen LogP contribution in [0.25, 0.3) is 0 Å². The quantitative estimate of drug-likeness (QED) is 0.629. The summed E-state index contributed by atoms with van der Waals surface area (Å²) in [5.41, 5.74) is -0.446. The first kappa shape index (κ1) is 15.8. The predicted octanol–water partition coefficient (Wildman–Crippen LogP) is 3.68. The summed E-state index contributed by atoms with van der Waals surface area (Å²) in [7, 11) is 0. The number of rotatable bonds is 7. The van der Waals surface area contributed by atoms with Gasteiger partial charge in [-0.05, 0) is 33.6 Å². The Kier molecular flexibility index (Phi) is 7.05. The summed E-state index contributed by atoms with van der Waals surface area (Å²) in [5, 5.41) is 0. The van der Waals surface area contributed by atoms with Crippen LogP contribution in [-0.4, -0.2) is 29.3 Å².